The van der Waals surface area contributed by atoms with Crippen LogP contribution in [0.1, 0.15) is 30.7 Å². The molecular weight excluding hydrogens is 390 g/mol. The molecule has 31 heavy (non-hydrogen) atoms. The van der Waals surface area contributed by atoms with Crippen LogP contribution in [0.5, 0.6) is 5.75 Å². The Labute approximate surface area is 182 Å². The lowest BCUT2D eigenvalue weighted by molar-refractivity contribution is -0.133. The van der Waals surface area contributed by atoms with Crippen molar-refractivity contribution in [2.24, 2.45) is 5.92 Å². The molecule has 0 aliphatic carbocycles. The van der Waals surface area contributed by atoms with E-state index in [1.807, 2.05) is 61.2 Å². The van der Waals surface area contributed by atoms with Crippen LogP contribution in [-0.4, -0.2) is 40.1 Å². The van der Waals surface area contributed by atoms with Gasteiger partial charge in [-0.05, 0) is 50.5 Å². The molecule has 0 spiro atoms. The van der Waals surface area contributed by atoms with E-state index in [2.05, 4.69) is 4.98 Å². The standard InChI is InChI=1S/C25H29N3O3/c1-18-8-3-6-12-23(18)31-17-20-9-7-14-27(16-20)24(29)13-15-28-19(2)26-22-11-5-4-10-21(22)25(28)30/h3-6,8,10-12,20H,7,9,13-17H2,1-2H3/t20-/m1/s1. The molecule has 1 fully saturated rings. The first-order valence-electron chi connectivity index (χ1n) is 11.0. The van der Waals surface area contributed by atoms with Crippen molar-refractivity contribution in [2.75, 3.05) is 19.7 Å². The molecule has 0 unspecified atom stereocenters. The van der Waals surface area contributed by atoms with Crippen LogP contribution in [0, 0.1) is 19.8 Å². The number of amides is 1. The number of aromatic nitrogens is 2. The summed E-state index contributed by atoms with van der Waals surface area (Å²) in [5, 5.41) is 0.590. The maximum atomic E-state index is 12.9. The van der Waals surface area contributed by atoms with E-state index in [9.17, 15) is 9.59 Å². The Morgan fingerprint density at radius 2 is 1.90 bits per heavy atom. The summed E-state index contributed by atoms with van der Waals surface area (Å²) in [4.78, 5) is 32.1. The van der Waals surface area contributed by atoms with E-state index in [0.717, 1.165) is 30.7 Å². The highest BCUT2D eigenvalue weighted by atomic mass is 16.5. The van der Waals surface area contributed by atoms with Crippen LogP contribution in [0.4, 0.5) is 0 Å². The summed E-state index contributed by atoms with van der Waals surface area (Å²) >= 11 is 0. The molecular formula is C25H29N3O3. The molecule has 0 radical (unpaired) electrons. The number of rotatable bonds is 6. The zero-order valence-electron chi connectivity index (χ0n) is 18.2. The number of benzene rings is 2. The lowest BCUT2D eigenvalue weighted by Crippen LogP contribution is -2.42. The maximum absolute atomic E-state index is 12.9. The van der Waals surface area contributed by atoms with Crippen molar-refractivity contribution >= 4 is 16.8 Å². The third kappa shape index (κ3) is 4.79. The van der Waals surface area contributed by atoms with E-state index in [1.165, 1.54) is 0 Å². The van der Waals surface area contributed by atoms with Crippen LogP contribution >= 0.6 is 0 Å². The van der Waals surface area contributed by atoms with Crippen LogP contribution < -0.4 is 10.3 Å². The van der Waals surface area contributed by atoms with Gasteiger partial charge in [0.25, 0.3) is 5.56 Å². The Kier molecular flexibility index (Phi) is 6.35. The molecule has 1 atom stereocenters. The number of aryl methyl sites for hydroxylation is 2. The van der Waals surface area contributed by atoms with Gasteiger partial charge in [-0.2, -0.15) is 0 Å². The number of carbonyl (C=O) groups is 1. The van der Waals surface area contributed by atoms with Crippen LogP contribution in [0.3, 0.4) is 0 Å². The molecule has 1 saturated heterocycles. The van der Waals surface area contributed by atoms with E-state index >= 15 is 0 Å². The minimum atomic E-state index is -0.0842. The second kappa shape index (κ2) is 9.33. The van der Waals surface area contributed by atoms with Crippen LogP contribution in [0.15, 0.2) is 53.3 Å². The van der Waals surface area contributed by atoms with Crippen LogP contribution in [0.25, 0.3) is 10.9 Å². The van der Waals surface area contributed by atoms with Crippen molar-refractivity contribution in [1.29, 1.82) is 0 Å². The van der Waals surface area contributed by atoms with Gasteiger partial charge in [0.2, 0.25) is 5.91 Å². The monoisotopic (exact) mass is 419 g/mol. The molecule has 1 aliphatic heterocycles. The molecule has 0 N–H and O–H groups in total. The summed E-state index contributed by atoms with van der Waals surface area (Å²) in [6.45, 7) is 6.29. The largest absolute Gasteiger partial charge is 0.493 e. The summed E-state index contributed by atoms with van der Waals surface area (Å²) < 4.78 is 7.63. The molecule has 1 amide bonds. The molecule has 162 valence electrons. The number of ether oxygens (including phenoxy) is 1. The van der Waals surface area contributed by atoms with Gasteiger partial charge in [-0.1, -0.05) is 30.3 Å². The van der Waals surface area contributed by atoms with Crippen molar-refractivity contribution in [3.8, 4) is 5.75 Å². The van der Waals surface area contributed by atoms with Gasteiger partial charge in [0.1, 0.15) is 11.6 Å². The van der Waals surface area contributed by atoms with Crippen molar-refractivity contribution in [1.82, 2.24) is 14.5 Å². The van der Waals surface area contributed by atoms with Crippen LogP contribution in [0.2, 0.25) is 0 Å². The first-order valence-corrected chi connectivity index (χ1v) is 11.0. The fourth-order valence-electron chi connectivity index (χ4n) is 4.26. The van der Waals surface area contributed by atoms with Gasteiger partial charge in [0, 0.05) is 32.0 Å². The second-order valence-electron chi connectivity index (χ2n) is 8.31. The van der Waals surface area contributed by atoms with E-state index in [4.69, 9.17) is 4.74 Å². The molecule has 6 heteroatoms. The number of hydrogen-bond donors (Lipinski definition) is 0. The first-order chi connectivity index (χ1) is 15.0. The maximum Gasteiger partial charge on any atom is 0.261 e. The Morgan fingerprint density at radius 3 is 2.74 bits per heavy atom. The number of fused-ring (bicyclic) bond motifs is 1. The second-order valence-corrected chi connectivity index (χ2v) is 8.31. The summed E-state index contributed by atoms with van der Waals surface area (Å²) in [5.41, 5.74) is 1.73. The van der Waals surface area contributed by atoms with Gasteiger partial charge in [0.15, 0.2) is 0 Å². The zero-order valence-corrected chi connectivity index (χ0v) is 18.2. The normalized spacial score (nSPS) is 16.5. The molecule has 0 saturated carbocycles. The summed E-state index contributed by atoms with van der Waals surface area (Å²) in [6, 6.07) is 15.3. The smallest absolute Gasteiger partial charge is 0.261 e. The van der Waals surface area contributed by atoms with E-state index < -0.39 is 0 Å². The predicted octanol–water partition coefficient (Wildman–Crippen LogP) is 3.72. The number of hydrogen-bond acceptors (Lipinski definition) is 4. The number of likely N-dealkylation sites (tertiary alicyclic amines) is 1. The fourth-order valence-corrected chi connectivity index (χ4v) is 4.26. The first kappa shape index (κ1) is 21.1. The third-order valence-corrected chi connectivity index (χ3v) is 6.04. The zero-order chi connectivity index (χ0) is 21.8. The Bertz CT molecular complexity index is 1140. The van der Waals surface area contributed by atoms with Crippen molar-refractivity contribution in [3.05, 3.63) is 70.3 Å². The van der Waals surface area contributed by atoms with Gasteiger partial charge in [-0.15, -0.1) is 0 Å². The van der Waals surface area contributed by atoms with E-state index in [1.54, 1.807) is 10.6 Å². The van der Waals surface area contributed by atoms with Crippen molar-refractivity contribution in [2.45, 2.75) is 39.7 Å². The van der Waals surface area contributed by atoms with Gasteiger partial charge >= 0.3 is 0 Å². The number of para-hydroxylation sites is 2. The number of piperidine rings is 1. The average Bonchev–Trinajstić information content (AvgIpc) is 2.78. The van der Waals surface area contributed by atoms with Gasteiger partial charge < -0.3 is 9.64 Å². The predicted molar refractivity (Wildman–Crippen MR) is 121 cm³/mol. The highest BCUT2D eigenvalue weighted by molar-refractivity contribution is 5.78. The van der Waals surface area contributed by atoms with E-state index in [-0.39, 0.29) is 11.5 Å². The van der Waals surface area contributed by atoms with Crippen LogP contribution in [-0.2, 0) is 11.3 Å². The third-order valence-electron chi connectivity index (χ3n) is 6.04. The highest BCUT2D eigenvalue weighted by Gasteiger charge is 2.24. The lowest BCUT2D eigenvalue weighted by atomic mass is 9.98. The van der Waals surface area contributed by atoms with Crippen molar-refractivity contribution < 1.29 is 9.53 Å². The molecule has 6 nitrogen and oxygen atoms in total. The molecule has 1 aromatic heterocycles. The Balaban J connectivity index is 1.36. The van der Waals surface area contributed by atoms with Crippen molar-refractivity contribution in [3.63, 3.8) is 0 Å². The average molecular weight is 420 g/mol. The van der Waals surface area contributed by atoms with Gasteiger partial charge in [-0.3, -0.25) is 14.2 Å². The van der Waals surface area contributed by atoms with E-state index in [0.29, 0.717) is 48.8 Å². The Morgan fingerprint density at radius 1 is 1.13 bits per heavy atom. The quantitative estimate of drug-likeness (QED) is 0.611. The molecule has 3 aromatic rings. The molecule has 0 bridgehead atoms. The topological polar surface area (TPSA) is 64.4 Å². The minimum absolute atomic E-state index is 0.0834. The summed E-state index contributed by atoms with van der Waals surface area (Å²) in [6.07, 6.45) is 2.33. The Hall–Kier alpha value is -3.15. The molecule has 2 aromatic carbocycles. The number of carbonyl (C=O) groups excluding carboxylic acids is 1. The molecule has 4 rings (SSSR count). The number of nitrogens with zero attached hydrogens (tertiary/aromatic N) is 3. The summed E-state index contributed by atoms with van der Waals surface area (Å²) in [7, 11) is 0. The van der Waals surface area contributed by atoms with Gasteiger partial charge in [-0.25, -0.2) is 4.98 Å². The summed E-state index contributed by atoms with van der Waals surface area (Å²) in [5.74, 6) is 1.95. The minimum Gasteiger partial charge on any atom is -0.493 e. The highest BCUT2D eigenvalue weighted by Crippen LogP contribution is 2.21. The fraction of sp³-hybridized carbons (Fsp3) is 0.400. The molecule has 2 heterocycles. The lowest BCUT2D eigenvalue weighted by Gasteiger charge is -2.33. The van der Waals surface area contributed by atoms with Gasteiger partial charge in [0.05, 0.1) is 17.5 Å². The SMILES string of the molecule is Cc1ccccc1OC[C@@H]1CCCN(C(=O)CCn2c(C)nc3ccccc3c2=O)C1. The molecule has 1 aliphatic rings.